The average molecular weight is 339 g/mol. The van der Waals surface area contributed by atoms with Crippen molar-refractivity contribution in [1.29, 1.82) is 0 Å². The van der Waals surface area contributed by atoms with Crippen LogP contribution in [0.5, 0.6) is 0 Å². The largest absolute Gasteiger partial charge is 0.460 e. The smallest absolute Gasteiger partial charge is 0.323 e. The number of nitrogens with one attached hydrogen (secondary N) is 1. The van der Waals surface area contributed by atoms with Gasteiger partial charge in [-0.2, -0.15) is 0 Å². The van der Waals surface area contributed by atoms with Crippen LogP contribution in [0.3, 0.4) is 0 Å². The fourth-order valence-corrected chi connectivity index (χ4v) is 1.93. The summed E-state index contributed by atoms with van der Waals surface area (Å²) in [6.07, 6.45) is 5.53. The zero-order chi connectivity index (χ0) is 18.4. The first-order valence-electron chi connectivity index (χ1n) is 8.10. The molecule has 0 aromatic carbocycles. The maximum absolute atomic E-state index is 12.4. The Morgan fingerprint density at radius 3 is 2.25 bits per heavy atom. The van der Waals surface area contributed by atoms with Crippen LogP contribution in [0.4, 0.5) is 0 Å². The van der Waals surface area contributed by atoms with E-state index < -0.39 is 17.2 Å². The predicted molar refractivity (Wildman–Crippen MR) is 90.1 cm³/mol. The SMILES string of the molecule is CC(C)(C)OC(=O)CC[C@H](NCn1ccnc1)C(=O)OC(C)(C)C. The van der Waals surface area contributed by atoms with E-state index in [0.29, 0.717) is 13.1 Å². The van der Waals surface area contributed by atoms with Crippen molar-refractivity contribution < 1.29 is 19.1 Å². The first-order valence-corrected chi connectivity index (χ1v) is 8.10. The van der Waals surface area contributed by atoms with Gasteiger partial charge in [0.1, 0.15) is 17.2 Å². The third-order valence-electron chi connectivity index (χ3n) is 2.83. The number of hydrogen-bond donors (Lipinski definition) is 1. The van der Waals surface area contributed by atoms with Gasteiger partial charge in [-0.1, -0.05) is 0 Å². The third-order valence-corrected chi connectivity index (χ3v) is 2.83. The van der Waals surface area contributed by atoms with Gasteiger partial charge in [-0.05, 0) is 48.0 Å². The molecule has 1 N–H and O–H groups in total. The van der Waals surface area contributed by atoms with E-state index in [2.05, 4.69) is 10.3 Å². The van der Waals surface area contributed by atoms with Crippen LogP contribution in [0.15, 0.2) is 18.7 Å². The summed E-state index contributed by atoms with van der Waals surface area (Å²) in [6, 6.07) is -0.598. The molecule has 0 fully saturated rings. The van der Waals surface area contributed by atoms with E-state index in [1.807, 2.05) is 41.5 Å². The minimum atomic E-state index is -0.598. The van der Waals surface area contributed by atoms with Crippen molar-refractivity contribution >= 4 is 11.9 Å². The lowest BCUT2D eigenvalue weighted by Gasteiger charge is -2.25. The Hall–Kier alpha value is -1.89. The number of ether oxygens (including phenoxy) is 2. The van der Waals surface area contributed by atoms with E-state index in [1.165, 1.54) is 0 Å². The summed E-state index contributed by atoms with van der Waals surface area (Å²) >= 11 is 0. The number of carbonyl (C=O) groups excluding carboxylic acids is 2. The number of rotatable bonds is 7. The highest BCUT2D eigenvalue weighted by Crippen LogP contribution is 2.13. The molecule has 136 valence electrons. The molecule has 1 heterocycles. The lowest BCUT2D eigenvalue weighted by atomic mass is 10.1. The van der Waals surface area contributed by atoms with Gasteiger partial charge in [-0.25, -0.2) is 4.98 Å². The van der Waals surface area contributed by atoms with E-state index >= 15 is 0 Å². The molecule has 1 rings (SSSR count). The van der Waals surface area contributed by atoms with Crippen LogP contribution in [-0.4, -0.2) is 38.7 Å². The molecule has 1 aromatic heterocycles. The summed E-state index contributed by atoms with van der Waals surface area (Å²) in [5, 5.41) is 3.10. The number of carbonyl (C=O) groups is 2. The zero-order valence-electron chi connectivity index (χ0n) is 15.5. The van der Waals surface area contributed by atoms with Crippen LogP contribution >= 0.6 is 0 Å². The second kappa shape index (κ2) is 8.28. The number of esters is 2. The van der Waals surface area contributed by atoms with E-state index in [4.69, 9.17) is 9.47 Å². The molecule has 0 aliphatic rings. The highest BCUT2D eigenvalue weighted by Gasteiger charge is 2.26. The standard InChI is InChI=1S/C17H29N3O4/c1-16(2,3)23-14(21)8-7-13(15(22)24-17(4,5)6)19-12-20-10-9-18-11-20/h9-11,13,19H,7-8,12H2,1-6H3/t13-/m0/s1. The lowest BCUT2D eigenvalue weighted by molar-refractivity contribution is -0.159. The summed E-state index contributed by atoms with van der Waals surface area (Å²) in [4.78, 5) is 28.2. The molecule has 0 amide bonds. The molecule has 0 aliphatic heterocycles. The third kappa shape index (κ3) is 8.67. The van der Waals surface area contributed by atoms with E-state index in [-0.39, 0.29) is 18.4 Å². The second-order valence-corrected chi connectivity index (χ2v) is 7.65. The molecule has 7 heteroatoms. The van der Waals surface area contributed by atoms with Crippen LogP contribution in [0.2, 0.25) is 0 Å². The van der Waals surface area contributed by atoms with Crippen molar-refractivity contribution in [3.8, 4) is 0 Å². The van der Waals surface area contributed by atoms with Crippen LogP contribution in [0.1, 0.15) is 54.4 Å². The van der Waals surface area contributed by atoms with Gasteiger partial charge in [0.2, 0.25) is 0 Å². The lowest BCUT2D eigenvalue weighted by Crippen LogP contribution is -2.42. The van der Waals surface area contributed by atoms with Gasteiger partial charge < -0.3 is 14.0 Å². The minimum Gasteiger partial charge on any atom is -0.460 e. The van der Waals surface area contributed by atoms with Gasteiger partial charge in [0.25, 0.3) is 0 Å². The zero-order valence-corrected chi connectivity index (χ0v) is 15.5. The summed E-state index contributed by atoms with van der Waals surface area (Å²) in [7, 11) is 0. The monoisotopic (exact) mass is 339 g/mol. The molecular weight excluding hydrogens is 310 g/mol. The number of aromatic nitrogens is 2. The first-order chi connectivity index (χ1) is 11.0. The molecule has 1 atom stereocenters. The minimum absolute atomic E-state index is 0.137. The second-order valence-electron chi connectivity index (χ2n) is 7.65. The summed E-state index contributed by atoms with van der Waals surface area (Å²) in [5.41, 5.74) is -1.12. The highest BCUT2D eigenvalue weighted by atomic mass is 16.6. The molecular formula is C17H29N3O4. The van der Waals surface area contributed by atoms with Crippen molar-refractivity contribution in [3.05, 3.63) is 18.7 Å². The van der Waals surface area contributed by atoms with E-state index in [1.54, 1.807) is 23.3 Å². The summed E-state index contributed by atoms with van der Waals surface area (Å²) in [5.74, 6) is -0.716. The number of hydrogen-bond acceptors (Lipinski definition) is 6. The van der Waals surface area contributed by atoms with Crippen molar-refractivity contribution in [2.75, 3.05) is 0 Å². The molecule has 7 nitrogen and oxygen atoms in total. The van der Waals surface area contributed by atoms with Gasteiger partial charge in [-0.15, -0.1) is 0 Å². The summed E-state index contributed by atoms with van der Waals surface area (Å²) < 4.78 is 12.5. The van der Waals surface area contributed by atoms with Gasteiger partial charge in [0.15, 0.2) is 0 Å². The Bertz CT molecular complexity index is 527. The Morgan fingerprint density at radius 1 is 1.12 bits per heavy atom. The van der Waals surface area contributed by atoms with Crippen LogP contribution in [0.25, 0.3) is 0 Å². The van der Waals surface area contributed by atoms with E-state index in [0.717, 1.165) is 0 Å². The van der Waals surface area contributed by atoms with Crippen LogP contribution < -0.4 is 5.32 Å². The maximum atomic E-state index is 12.4. The molecule has 24 heavy (non-hydrogen) atoms. The Labute approximate surface area is 143 Å². The predicted octanol–water partition coefficient (Wildman–Crippen LogP) is 2.26. The molecule has 0 unspecified atom stereocenters. The van der Waals surface area contributed by atoms with Gasteiger partial charge >= 0.3 is 11.9 Å². The van der Waals surface area contributed by atoms with Gasteiger partial charge in [0, 0.05) is 18.8 Å². The Morgan fingerprint density at radius 2 is 1.75 bits per heavy atom. The Kier molecular flexibility index (Phi) is 6.95. The van der Waals surface area contributed by atoms with Crippen molar-refractivity contribution in [3.63, 3.8) is 0 Å². The topological polar surface area (TPSA) is 82.5 Å². The number of nitrogens with zero attached hydrogens (tertiary/aromatic N) is 2. The van der Waals surface area contributed by atoms with Crippen molar-refractivity contribution in [2.24, 2.45) is 0 Å². The van der Waals surface area contributed by atoms with Gasteiger partial charge in [-0.3, -0.25) is 14.9 Å². The highest BCUT2D eigenvalue weighted by molar-refractivity contribution is 5.77. The molecule has 0 aliphatic carbocycles. The first kappa shape index (κ1) is 20.2. The normalized spacial score (nSPS) is 13.4. The molecule has 1 aromatic rings. The maximum Gasteiger partial charge on any atom is 0.323 e. The fourth-order valence-electron chi connectivity index (χ4n) is 1.93. The van der Waals surface area contributed by atoms with Crippen LogP contribution in [-0.2, 0) is 25.7 Å². The van der Waals surface area contributed by atoms with E-state index in [9.17, 15) is 9.59 Å². The quantitative estimate of drug-likeness (QED) is 0.767. The molecule has 0 bridgehead atoms. The molecule has 0 spiro atoms. The summed E-state index contributed by atoms with van der Waals surface area (Å²) in [6.45, 7) is 11.3. The van der Waals surface area contributed by atoms with Crippen molar-refractivity contribution in [2.45, 2.75) is 78.3 Å². The van der Waals surface area contributed by atoms with Crippen molar-refractivity contribution in [1.82, 2.24) is 14.9 Å². The molecule has 0 saturated heterocycles. The average Bonchev–Trinajstić information content (AvgIpc) is 2.87. The Balaban J connectivity index is 2.62. The number of imidazole rings is 1. The molecule has 0 saturated carbocycles. The van der Waals surface area contributed by atoms with Gasteiger partial charge in [0.05, 0.1) is 13.0 Å². The fraction of sp³-hybridized carbons (Fsp3) is 0.706. The molecule has 0 radical (unpaired) electrons. The van der Waals surface area contributed by atoms with Crippen LogP contribution in [0, 0.1) is 0 Å².